The van der Waals surface area contributed by atoms with Crippen molar-refractivity contribution in [1.82, 2.24) is 15.1 Å². The van der Waals surface area contributed by atoms with Crippen LogP contribution in [0.5, 0.6) is 0 Å². The molecule has 2 rings (SSSR count). The Morgan fingerprint density at radius 3 is 2.89 bits per heavy atom. The number of halogens is 1. The minimum absolute atomic E-state index is 0.190. The van der Waals surface area contributed by atoms with E-state index in [1.807, 2.05) is 19.3 Å². The van der Waals surface area contributed by atoms with Crippen molar-refractivity contribution in [2.24, 2.45) is 7.05 Å². The van der Waals surface area contributed by atoms with Crippen LogP contribution in [0.4, 0.5) is 5.69 Å². The summed E-state index contributed by atoms with van der Waals surface area (Å²) in [5.74, 6) is -0.190. The Morgan fingerprint density at radius 2 is 2.26 bits per heavy atom. The van der Waals surface area contributed by atoms with Crippen molar-refractivity contribution >= 4 is 23.2 Å². The number of nitrogens with two attached hydrogens (primary N) is 1. The molecule has 0 bridgehead atoms. The van der Waals surface area contributed by atoms with Gasteiger partial charge in [0, 0.05) is 42.5 Å². The molecule has 0 atom stereocenters. The van der Waals surface area contributed by atoms with Crippen LogP contribution < -0.4 is 11.1 Å². The van der Waals surface area contributed by atoms with Gasteiger partial charge in [-0.15, -0.1) is 0 Å². The third-order valence-corrected chi connectivity index (χ3v) is 2.84. The molecule has 19 heavy (non-hydrogen) atoms. The van der Waals surface area contributed by atoms with Gasteiger partial charge in [0.1, 0.15) is 0 Å². The van der Waals surface area contributed by atoms with Crippen molar-refractivity contribution in [2.45, 2.75) is 6.42 Å². The number of anilines is 1. The summed E-state index contributed by atoms with van der Waals surface area (Å²) in [4.78, 5) is 11.9. The largest absolute Gasteiger partial charge is 0.399 e. The molecule has 0 fully saturated rings. The number of aromatic nitrogens is 2. The second kappa shape index (κ2) is 5.75. The minimum Gasteiger partial charge on any atom is -0.399 e. The molecule has 2 aromatic rings. The molecule has 100 valence electrons. The Kier molecular flexibility index (Phi) is 4.06. The summed E-state index contributed by atoms with van der Waals surface area (Å²) in [6, 6.07) is 6.71. The second-order valence-electron chi connectivity index (χ2n) is 4.26. The Morgan fingerprint density at radius 1 is 1.47 bits per heavy atom. The molecule has 1 aromatic carbocycles. The zero-order valence-electron chi connectivity index (χ0n) is 10.6. The maximum atomic E-state index is 11.9. The third-order valence-electron chi connectivity index (χ3n) is 2.62. The predicted octanol–water partition coefficient (Wildman–Crippen LogP) is 1.63. The zero-order chi connectivity index (χ0) is 13.8. The maximum Gasteiger partial charge on any atom is 0.251 e. The first-order valence-electron chi connectivity index (χ1n) is 5.87. The minimum atomic E-state index is -0.190. The number of aryl methyl sites for hydroxylation is 1. The van der Waals surface area contributed by atoms with Crippen molar-refractivity contribution < 1.29 is 4.79 Å². The van der Waals surface area contributed by atoms with E-state index in [0.717, 1.165) is 5.69 Å². The van der Waals surface area contributed by atoms with Crippen LogP contribution in [0, 0.1) is 0 Å². The van der Waals surface area contributed by atoms with Gasteiger partial charge in [0.15, 0.2) is 0 Å². The van der Waals surface area contributed by atoms with Crippen molar-refractivity contribution in [2.75, 3.05) is 12.3 Å². The van der Waals surface area contributed by atoms with Gasteiger partial charge >= 0.3 is 0 Å². The molecule has 0 saturated heterocycles. The van der Waals surface area contributed by atoms with E-state index in [1.54, 1.807) is 22.9 Å². The molecule has 0 saturated carbocycles. The first-order valence-corrected chi connectivity index (χ1v) is 6.25. The van der Waals surface area contributed by atoms with Crippen LogP contribution in [0.25, 0.3) is 0 Å². The van der Waals surface area contributed by atoms with Crippen molar-refractivity contribution in [3.8, 4) is 0 Å². The molecular weight excluding hydrogens is 264 g/mol. The van der Waals surface area contributed by atoms with Crippen molar-refractivity contribution in [3.63, 3.8) is 0 Å². The molecular formula is C13H15ClN4O. The fourth-order valence-corrected chi connectivity index (χ4v) is 1.99. The zero-order valence-corrected chi connectivity index (χ0v) is 11.3. The normalized spacial score (nSPS) is 10.4. The quantitative estimate of drug-likeness (QED) is 0.835. The third kappa shape index (κ3) is 3.72. The van der Waals surface area contributed by atoms with Gasteiger partial charge in [-0.1, -0.05) is 11.6 Å². The molecule has 0 aliphatic rings. The van der Waals surface area contributed by atoms with Crippen molar-refractivity contribution in [3.05, 3.63) is 46.7 Å². The highest BCUT2D eigenvalue weighted by Crippen LogP contribution is 2.16. The molecule has 0 spiro atoms. The van der Waals surface area contributed by atoms with Crippen LogP contribution in [0.3, 0.4) is 0 Å². The number of nitrogens with zero attached hydrogens (tertiary/aromatic N) is 2. The number of carbonyl (C=O) groups is 1. The first kappa shape index (κ1) is 13.4. The highest BCUT2D eigenvalue weighted by atomic mass is 35.5. The number of nitrogens with one attached hydrogen (secondary N) is 1. The van der Waals surface area contributed by atoms with Gasteiger partial charge in [0.2, 0.25) is 0 Å². The van der Waals surface area contributed by atoms with Gasteiger partial charge in [-0.25, -0.2) is 0 Å². The smallest absolute Gasteiger partial charge is 0.251 e. The SMILES string of the molecule is Cn1ccc(CCNC(=O)c2cc(N)cc(Cl)c2)n1. The van der Waals surface area contributed by atoms with E-state index in [1.165, 1.54) is 0 Å². The number of hydrogen-bond donors (Lipinski definition) is 2. The predicted molar refractivity (Wildman–Crippen MR) is 75.1 cm³/mol. The van der Waals surface area contributed by atoms with Crippen LogP contribution in [0.2, 0.25) is 5.02 Å². The molecule has 0 unspecified atom stereocenters. The van der Waals surface area contributed by atoms with Gasteiger partial charge in [0.05, 0.1) is 5.69 Å². The molecule has 1 amide bonds. The summed E-state index contributed by atoms with van der Waals surface area (Å²) >= 11 is 5.85. The summed E-state index contributed by atoms with van der Waals surface area (Å²) in [5.41, 5.74) is 7.52. The summed E-state index contributed by atoms with van der Waals surface area (Å²) in [6.45, 7) is 0.516. The molecule has 3 N–H and O–H groups in total. The van der Waals surface area contributed by atoms with Gasteiger partial charge in [0.25, 0.3) is 5.91 Å². The van der Waals surface area contributed by atoms with E-state index >= 15 is 0 Å². The lowest BCUT2D eigenvalue weighted by atomic mass is 10.2. The van der Waals surface area contributed by atoms with Gasteiger partial charge in [-0.05, 0) is 24.3 Å². The fraction of sp³-hybridized carbons (Fsp3) is 0.231. The van der Waals surface area contributed by atoms with Gasteiger partial charge < -0.3 is 11.1 Å². The lowest BCUT2D eigenvalue weighted by Gasteiger charge is -2.05. The molecule has 0 radical (unpaired) electrons. The van der Waals surface area contributed by atoms with E-state index in [9.17, 15) is 4.79 Å². The highest BCUT2D eigenvalue weighted by Gasteiger charge is 2.07. The topological polar surface area (TPSA) is 72.9 Å². The molecule has 6 heteroatoms. The lowest BCUT2D eigenvalue weighted by molar-refractivity contribution is 0.0954. The average Bonchev–Trinajstić information content (AvgIpc) is 2.73. The summed E-state index contributed by atoms with van der Waals surface area (Å²) in [6.07, 6.45) is 2.55. The number of rotatable bonds is 4. The number of benzene rings is 1. The van der Waals surface area contributed by atoms with Gasteiger partial charge in [-0.2, -0.15) is 5.10 Å². The van der Waals surface area contributed by atoms with E-state index in [2.05, 4.69) is 10.4 Å². The second-order valence-corrected chi connectivity index (χ2v) is 4.70. The molecule has 0 aliphatic carbocycles. The highest BCUT2D eigenvalue weighted by molar-refractivity contribution is 6.31. The van der Waals surface area contributed by atoms with E-state index in [4.69, 9.17) is 17.3 Å². The summed E-state index contributed by atoms with van der Waals surface area (Å²) in [7, 11) is 1.86. The van der Waals surface area contributed by atoms with Crippen LogP contribution >= 0.6 is 11.6 Å². The molecule has 0 aliphatic heterocycles. The maximum absolute atomic E-state index is 11.9. The number of carbonyl (C=O) groups excluding carboxylic acids is 1. The Labute approximate surface area is 116 Å². The molecule has 5 nitrogen and oxygen atoms in total. The Hall–Kier alpha value is -2.01. The van der Waals surface area contributed by atoms with Crippen molar-refractivity contribution in [1.29, 1.82) is 0 Å². The van der Waals surface area contributed by atoms with Crippen LogP contribution in [0.15, 0.2) is 30.5 Å². The molecule has 1 heterocycles. The van der Waals surface area contributed by atoms with Gasteiger partial charge in [-0.3, -0.25) is 9.48 Å². The lowest BCUT2D eigenvalue weighted by Crippen LogP contribution is -2.25. The number of amides is 1. The molecule has 1 aromatic heterocycles. The average molecular weight is 279 g/mol. The number of hydrogen-bond acceptors (Lipinski definition) is 3. The monoisotopic (exact) mass is 278 g/mol. The first-order chi connectivity index (χ1) is 9.04. The van der Waals surface area contributed by atoms with E-state index in [-0.39, 0.29) is 5.91 Å². The number of nitrogen functional groups attached to an aromatic ring is 1. The van der Waals surface area contributed by atoms with Crippen LogP contribution in [0.1, 0.15) is 16.1 Å². The fourth-order valence-electron chi connectivity index (χ4n) is 1.75. The Bertz CT molecular complexity index is 574. The summed E-state index contributed by atoms with van der Waals surface area (Å²) < 4.78 is 1.73. The van der Waals surface area contributed by atoms with Crippen LogP contribution in [-0.4, -0.2) is 22.2 Å². The Balaban J connectivity index is 1.90. The van der Waals surface area contributed by atoms with E-state index in [0.29, 0.717) is 29.2 Å². The summed E-state index contributed by atoms with van der Waals surface area (Å²) in [5, 5.41) is 7.50. The van der Waals surface area contributed by atoms with Crippen LogP contribution in [-0.2, 0) is 13.5 Å². The standard InChI is InChI=1S/C13H15ClN4O/c1-18-5-3-12(17-18)2-4-16-13(19)9-6-10(14)8-11(15)7-9/h3,5-8H,2,4,15H2,1H3,(H,16,19). The van der Waals surface area contributed by atoms with E-state index < -0.39 is 0 Å².